The first-order chi connectivity index (χ1) is 18.2. The number of carbonyl (C=O) groups is 2. The smallest absolute Gasteiger partial charge is 0.255 e. The zero-order valence-electron chi connectivity index (χ0n) is 21.4. The molecule has 39 heavy (non-hydrogen) atoms. The third-order valence-electron chi connectivity index (χ3n) is 5.42. The number of fused-ring (bicyclic) bond motifs is 1. The predicted octanol–water partition coefficient (Wildman–Crippen LogP) is 5.37. The highest BCUT2D eigenvalue weighted by Gasteiger charge is 2.23. The molecule has 0 saturated heterocycles. The molecule has 3 rings (SSSR count). The van der Waals surface area contributed by atoms with E-state index in [0.29, 0.717) is 5.56 Å². The molecule has 9 nitrogen and oxygen atoms in total. The van der Waals surface area contributed by atoms with Gasteiger partial charge in [0.05, 0.1) is 34.4 Å². The number of rotatable bonds is 10. The fourth-order valence-electron chi connectivity index (χ4n) is 3.41. The molecule has 0 radical (unpaired) electrons. The summed E-state index contributed by atoms with van der Waals surface area (Å²) in [6, 6.07) is 4.50. The largest absolute Gasteiger partial charge is 0.353 e. The van der Waals surface area contributed by atoms with Gasteiger partial charge in [0, 0.05) is 19.0 Å². The molecule has 3 aromatic rings. The molecule has 0 aliphatic rings. The van der Waals surface area contributed by atoms with Crippen LogP contribution in [0.4, 0.5) is 35.0 Å². The highest BCUT2D eigenvalue weighted by molar-refractivity contribution is 6.39. The number of alkyl halides is 4. The van der Waals surface area contributed by atoms with Gasteiger partial charge < -0.3 is 25.8 Å². The van der Waals surface area contributed by atoms with Crippen molar-refractivity contribution in [3.05, 3.63) is 39.4 Å². The van der Waals surface area contributed by atoms with Crippen molar-refractivity contribution in [2.24, 2.45) is 5.41 Å². The Hall–Kier alpha value is -3.32. The molecule has 2 amide bonds. The molecule has 0 aliphatic carbocycles. The lowest BCUT2D eigenvalue weighted by molar-refractivity contribution is -0.128. The van der Waals surface area contributed by atoms with Crippen molar-refractivity contribution in [3.8, 4) is 0 Å². The first-order valence-corrected chi connectivity index (χ1v) is 12.4. The highest BCUT2D eigenvalue weighted by Crippen LogP contribution is 2.35. The first kappa shape index (κ1) is 30.2. The summed E-state index contributed by atoms with van der Waals surface area (Å²) in [4.78, 5) is 37.3. The molecule has 0 fully saturated rings. The second-order valence-electron chi connectivity index (χ2n) is 9.64. The SMILES string of the molecule is CN(CC(F)F)c1nc2[nH]c(Nc3c(Cl)ccc(CNC(=O)C(C)(C)C)c3Cl)nc2cc1C(=O)NCC(F)F. The number of nitrogens with one attached hydrogen (secondary N) is 4. The zero-order valence-corrected chi connectivity index (χ0v) is 22.9. The number of anilines is 3. The van der Waals surface area contributed by atoms with Gasteiger partial charge in [-0.05, 0) is 17.7 Å². The summed E-state index contributed by atoms with van der Waals surface area (Å²) in [5, 5.41) is 8.25. The maximum Gasteiger partial charge on any atom is 0.255 e. The molecule has 0 bridgehead atoms. The summed E-state index contributed by atoms with van der Waals surface area (Å²) in [5.74, 6) is -1.15. The second-order valence-corrected chi connectivity index (χ2v) is 10.4. The fraction of sp³-hybridized carbons (Fsp3) is 0.417. The summed E-state index contributed by atoms with van der Waals surface area (Å²) in [6.07, 6.45) is -5.55. The summed E-state index contributed by atoms with van der Waals surface area (Å²) < 4.78 is 51.3. The molecule has 15 heteroatoms. The molecule has 2 aromatic heterocycles. The number of halogens is 6. The zero-order chi connectivity index (χ0) is 29.1. The maximum absolute atomic E-state index is 13.0. The molecule has 4 N–H and O–H groups in total. The Balaban J connectivity index is 1.95. The van der Waals surface area contributed by atoms with Gasteiger partial charge in [0.25, 0.3) is 18.8 Å². The van der Waals surface area contributed by atoms with Crippen LogP contribution in [0.25, 0.3) is 11.2 Å². The van der Waals surface area contributed by atoms with E-state index < -0.39 is 37.3 Å². The maximum atomic E-state index is 13.0. The predicted molar refractivity (Wildman–Crippen MR) is 143 cm³/mol. The molecule has 0 atom stereocenters. The van der Waals surface area contributed by atoms with Gasteiger partial charge in [-0.15, -0.1) is 0 Å². The van der Waals surface area contributed by atoms with Crippen molar-refractivity contribution in [2.45, 2.75) is 40.2 Å². The Morgan fingerprint density at radius 3 is 2.38 bits per heavy atom. The van der Waals surface area contributed by atoms with Gasteiger partial charge in [0.2, 0.25) is 11.9 Å². The number of hydrogen-bond acceptors (Lipinski definition) is 6. The number of aromatic nitrogens is 3. The van der Waals surface area contributed by atoms with E-state index in [2.05, 4.69) is 25.6 Å². The molecule has 0 aliphatic heterocycles. The highest BCUT2D eigenvalue weighted by atomic mass is 35.5. The number of aromatic amines is 1. The number of pyridine rings is 1. The van der Waals surface area contributed by atoms with Crippen LogP contribution in [0.2, 0.25) is 10.0 Å². The average molecular weight is 592 g/mol. The summed E-state index contributed by atoms with van der Waals surface area (Å²) in [6.45, 7) is 3.79. The minimum atomic E-state index is -2.80. The van der Waals surface area contributed by atoms with Crippen molar-refractivity contribution in [2.75, 3.05) is 30.4 Å². The van der Waals surface area contributed by atoms with Crippen LogP contribution < -0.4 is 20.9 Å². The number of imidazole rings is 1. The summed E-state index contributed by atoms with van der Waals surface area (Å²) in [5.41, 5.74) is 0.305. The molecule has 0 unspecified atom stereocenters. The van der Waals surface area contributed by atoms with Crippen LogP contribution in [0, 0.1) is 5.41 Å². The average Bonchev–Trinajstić information content (AvgIpc) is 3.24. The minimum absolute atomic E-state index is 0.102. The summed E-state index contributed by atoms with van der Waals surface area (Å²) in [7, 11) is 1.29. The molecular formula is C24H27Cl2F4N7O2. The Morgan fingerprint density at radius 2 is 1.77 bits per heavy atom. The Labute approximate surface area is 231 Å². The number of carbonyl (C=O) groups excluding carboxylic acids is 2. The van der Waals surface area contributed by atoms with E-state index >= 15 is 0 Å². The molecule has 212 valence electrons. The van der Waals surface area contributed by atoms with Crippen LogP contribution in [-0.4, -0.2) is 59.8 Å². The number of nitrogens with zero attached hydrogens (tertiary/aromatic N) is 3. The van der Waals surface area contributed by atoms with Crippen molar-refractivity contribution in [1.29, 1.82) is 0 Å². The standard InChI is InChI=1S/C24H27Cl2F4N7O2/c1-24(2,3)22(39)32-8-11-5-6-13(25)18(17(11)26)34-23-33-14-7-12(21(38)31-9-15(27)28)20(35-19(14)36-23)37(4)10-16(29)30/h5-7,15-16H,8-10H2,1-4H3,(H,31,38)(H,32,39)(H2,33,34,35,36). The monoisotopic (exact) mass is 591 g/mol. The van der Waals surface area contributed by atoms with Crippen LogP contribution in [0.15, 0.2) is 18.2 Å². The van der Waals surface area contributed by atoms with E-state index in [4.69, 9.17) is 23.2 Å². The van der Waals surface area contributed by atoms with Gasteiger partial charge in [-0.3, -0.25) is 9.59 Å². The second kappa shape index (κ2) is 12.2. The van der Waals surface area contributed by atoms with Gasteiger partial charge in [0.1, 0.15) is 11.3 Å². The van der Waals surface area contributed by atoms with Gasteiger partial charge in [-0.2, -0.15) is 0 Å². The van der Waals surface area contributed by atoms with E-state index in [1.165, 1.54) is 13.1 Å². The number of amides is 2. The van der Waals surface area contributed by atoms with E-state index in [-0.39, 0.29) is 56.7 Å². The van der Waals surface area contributed by atoms with Crippen LogP contribution in [-0.2, 0) is 11.3 Å². The first-order valence-electron chi connectivity index (χ1n) is 11.7. The van der Waals surface area contributed by atoms with E-state index in [1.807, 2.05) is 5.32 Å². The minimum Gasteiger partial charge on any atom is -0.353 e. The van der Waals surface area contributed by atoms with Gasteiger partial charge in [-0.25, -0.2) is 27.5 Å². The number of H-pyrrole nitrogens is 1. The normalized spacial score (nSPS) is 11.8. The fourth-order valence-corrected chi connectivity index (χ4v) is 3.94. The van der Waals surface area contributed by atoms with E-state index in [1.54, 1.807) is 32.9 Å². The number of benzene rings is 1. The van der Waals surface area contributed by atoms with Crippen LogP contribution in [0.5, 0.6) is 0 Å². The molecule has 2 heterocycles. The quantitative estimate of drug-likeness (QED) is 0.236. The molecule has 0 saturated carbocycles. The third-order valence-corrected chi connectivity index (χ3v) is 6.17. The summed E-state index contributed by atoms with van der Waals surface area (Å²) >= 11 is 12.9. The Bertz CT molecular complexity index is 1360. The third kappa shape index (κ3) is 7.63. The van der Waals surface area contributed by atoms with Crippen molar-refractivity contribution >= 4 is 63.6 Å². The van der Waals surface area contributed by atoms with Crippen LogP contribution in [0.3, 0.4) is 0 Å². The Kier molecular flexibility index (Phi) is 9.49. The Morgan fingerprint density at radius 1 is 1.08 bits per heavy atom. The topological polar surface area (TPSA) is 115 Å². The molecular weight excluding hydrogens is 565 g/mol. The van der Waals surface area contributed by atoms with E-state index in [0.717, 1.165) is 4.90 Å². The van der Waals surface area contributed by atoms with Crippen molar-refractivity contribution in [1.82, 2.24) is 25.6 Å². The lowest BCUT2D eigenvalue weighted by atomic mass is 9.95. The van der Waals surface area contributed by atoms with Crippen molar-refractivity contribution in [3.63, 3.8) is 0 Å². The van der Waals surface area contributed by atoms with Gasteiger partial charge in [0.15, 0.2) is 5.65 Å². The van der Waals surface area contributed by atoms with Gasteiger partial charge >= 0.3 is 0 Å². The van der Waals surface area contributed by atoms with Crippen LogP contribution >= 0.6 is 23.2 Å². The lowest BCUT2D eigenvalue weighted by Gasteiger charge is -2.20. The van der Waals surface area contributed by atoms with Crippen molar-refractivity contribution < 1.29 is 27.2 Å². The van der Waals surface area contributed by atoms with E-state index in [9.17, 15) is 27.2 Å². The van der Waals surface area contributed by atoms with Crippen LogP contribution in [0.1, 0.15) is 36.7 Å². The van der Waals surface area contributed by atoms with Gasteiger partial charge in [-0.1, -0.05) is 50.0 Å². The lowest BCUT2D eigenvalue weighted by Crippen LogP contribution is -2.34. The molecule has 0 spiro atoms. The molecule has 1 aromatic carbocycles. The number of hydrogen-bond donors (Lipinski definition) is 4.